The first-order chi connectivity index (χ1) is 13.3. The number of para-hydroxylation sites is 2. The van der Waals surface area contributed by atoms with Gasteiger partial charge in [0.2, 0.25) is 5.82 Å². The monoisotopic (exact) mass is 391 g/mol. The SMILES string of the molecule is COc1ccccc1NC(=O)C(C)n1nnc(-c2cccc(C(F)(F)F)c2)n1. The first-order valence-corrected chi connectivity index (χ1v) is 8.20. The van der Waals surface area contributed by atoms with Crippen molar-refractivity contribution in [2.24, 2.45) is 0 Å². The van der Waals surface area contributed by atoms with E-state index < -0.39 is 23.7 Å². The van der Waals surface area contributed by atoms with E-state index in [-0.39, 0.29) is 11.4 Å². The molecule has 7 nitrogen and oxygen atoms in total. The lowest BCUT2D eigenvalue weighted by Gasteiger charge is -2.13. The second kappa shape index (κ2) is 7.67. The summed E-state index contributed by atoms with van der Waals surface area (Å²) >= 11 is 0. The largest absolute Gasteiger partial charge is 0.495 e. The van der Waals surface area contributed by atoms with Crippen LogP contribution in [-0.2, 0) is 11.0 Å². The maximum absolute atomic E-state index is 12.9. The minimum Gasteiger partial charge on any atom is -0.495 e. The van der Waals surface area contributed by atoms with E-state index in [1.807, 2.05) is 0 Å². The van der Waals surface area contributed by atoms with Crippen LogP contribution in [0.4, 0.5) is 18.9 Å². The number of hydrogen-bond acceptors (Lipinski definition) is 5. The molecule has 0 aliphatic rings. The number of alkyl halides is 3. The van der Waals surface area contributed by atoms with Gasteiger partial charge >= 0.3 is 6.18 Å². The Morgan fingerprint density at radius 3 is 2.64 bits per heavy atom. The van der Waals surface area contributed by atoms with E-state index >= 15 is 0 Å². The number of carbonyl (C=O) groups excluding carboxylic acids is 1. The number of anilines is 1. The number of rotatable bonds is 5. The summed E-state index contributed by atoms with van der Waals surface area (Å²) in [6.45, 7) is 1.54. The summed E-state index contributed by atoms with van der Waals surface area (Å²) in [6.07, 6.45) is -4.48. The molecular weight excluding hydrogens is 375 g/mol. The number of ether oxygens (including phenoxy) is 1. The average Bonchev–Trinajstić information content (AvgIpc) is 3.17. The third-order valence-corrected chi connectivity index (χ3v) is 3.97. The van der Waals surface area contributed by atoms with E-state index in [4.69, 9.17) is 4.74 Å². The van der Waals surface area contributed by atoms with Crippen LogP contribution >= 0.6 is 0 Å². The van der Waals surface area contributed by atoms with E-state index in [9.17, 15) is 18.0 Å². The summed E-state index contributed by atoms with van der Waals surface area (Å²) < 4.78 is 43.8. The standard InChI is InChI=1S/C18H16F3N5O2/c1-11(17(27)22-14-8-3-4-9-15(14)28-2)26-24-16(23-25-26)12-6-5-7-13(10-12)18(19,20)21/h3-11H,1-2H3,(H,22,27). The van der Waals surface area contributed by atoms with Crippen LogP contribution in [0.1, 0.15) is 18.5 Å². The predicted molar refractivity (Wildman–Crippen MR) is 94.6 cm³/mol. The zero-order valence-electron chi connectivity index (χ0n) is 14.9. The van der Waals surface area contributed by atoms with Gasteiger partial charge in [0.1, 0.15) is 11.8 Å². The number of nitrogens with one attached hydrogen (secondary N) is 1. The molecule has 0 bridgehead atoms. The minimum absolute atomic E-state index is 0.0111. The molecule has 0 radical (unpaired) electrons. The van der Waals surface area contributed by atoms with Crippen LogP contribution in [0.2, 0.25) is 0 Å². The number of aromatic nitrogens is 4. The van der Waals surface area contributed by atoms with Crippen molar-refractivity contribution in [3.05, 3.63) is 54.1 Å². The van der Waals surface area contributed by atoms with Crippen molar-refractivity contribution in [3.63, 3.8) is 0 Å². The Kier molecular flexibility index (Phi) is 5.30. The van der Waals surface area contributed by atoms with Crippen LogP contribution in [-0.4, -0.2) is 33.2 Å². The Balaban J connectivity index is 1.79. The molecule has 1 unspecified atom stereocenters. The van der Waals surface area contributed by atoms with Crippen molar-refractivity contribution in [1.82, 2.24) is 20.2 Å². The quantitative estimate of drug-likeness (QED) is 0.719. The highest BCUT2D eigenvalue weighted by Gasteiger charge is 2.31. The fourth-order valence-corrected chi connectivity index (χ4v) is 2.43. The van der Waals surface area contributed by atoms with Crippen LogP contribution in [0.3, 0.4) is 0 Å². The fraction of sp³-hybridized carbons (Fsp3) is 0.222. The molecular formula is C18H16F3N5O2. The zero-order chi connectivity index (χ0) is 20.3. The molecule has 1 aromatic heterocycles. The Hall–Kier alpha value is -3.43. The van der Waals surface area contributed by atoms with Crippen LogP contribution < -0.4 is 10.1 Å². The molecule has 0 aliphatic heterocycles. The van der Waals surface area contributed by atoms with Crippen molar-refractivity contribution in [2.75, 3.05) is 12.4 Å². The van der Waals surface area contributed by atoms with Crippen LogP contribution in [0, 0.1) is 0 Å². The highest BCUT2D eigenvalue weighted by molar-refractivity contribution is 5.94. The Morgan fingerprint density at radius 2 is 1.93 bits per heavy atom. The molecule has 3 rings (SSSR count). The van der Waals surface area contributed by atoms with Gasteiger partial charge in [-0.1, -0.05) is 24.3 Å². The number of methoxy groups -OCH3 is 1. The summed E-state index contributed by atoms with van der Waals surface area (Å²) in [5.41, 5.74) is -0.193. The molecule has 1 amide bonds. The maximum atomic E-state index is 12.9. The molecule has 3 aromatic rings. The van der Waals surface area contributed by atoms with Crippen molar-refractivity contribution < 1.29 is 22.7 Å². The molecule has 28 heavy (non-hydrogen) atoms. The molecule has 0 aliphatic carbocycles. The van der Waals surface area contributed by atoms with Gasteiger partial charge in [0.15, 0.2) is 0 Å². The summed E-state index contributed by atoms with van der Waals surface area (Å²) in [6, 6.07) is 10.6. The topological polar surface area (TPSA) is 81.9 Å². The first-order valence-electron chi connectivity index (χ1n) is 8.20. The van der Waals surface area contributed by atoms with Crippen molar-refractivity contribution in [1.29, 1.82) is 0 Å². The molecule has 0 saturated carbocycles. The molecule has 2 aromatic carbocycles. The number of benzene rings is 2. The zero-order valence-corrected chi connectivity index (χ0v) is 14.9. The lowest BCUT2D eigenvalue weighted by molar-refractivity contribution is -0.137. The van der Waals surface area contributed by atoms with Gasteiger partial charge in [0, 0.05) is 5.56 Å². The van der Waals surface area contributed by atoms with Crippen LogP contribution in [0.5, 0.6) is 5.75 Å². The van der Waals surface area contributed by atoms with E-state index in [0.717, 1.165) is 16.9 Å². The molecule has 10 heteroatoms. The van der Waals surface area contributed by atoms with E-state index in [2.05, 4.69) is 20.7 Å². The van der Waals surface area contributed by atoms with Crippen molar-refractivity contribution in [3.8, 4) is 17.1 Å². The van der Waals surface area contributed by atoms with E-state index in [0.29, 0.717) is 11.4 Å². The van der Waals surface area contributed by atoms with Crippen molar-refractivity contribution >= 4 is 11.6 Å². The van der Waals surface area contributed by atoms with Gasteiger partial charge in [-0.05, 0) is 36.4 Å². The van der Waals surface area contributed by atoms with Gasteiger partial charge in [-0.3, -0.25) is 4.79 Å². The minimum atomic E-state index is -4.48. The average molecular weight is 391 g/mol. The van der Waals surface area contributed by atoms with E-state index in [1.165, 1.54) is 19.2 Å². The first kappa shape index (κ1) is 19.3. The van der Waals surface area contributed by atoms with Gasteiger partial charge in [0.25, 0.3) is 5.91 Å². The number of tetrazole rings is 1. The van der Waals surface area contributed by atoms with Gasteiger partial charge in [-0.15, -0.1) is 10.2 Å². The number of amides is 1. The molecule has 1 N–H and O–H groups in total. The molecule has 1 atom stereocenters. The normalized spacial score (nSPS) is 12.5. The number of carbonyl (C=O) groups is 1. The summed E-state index contributed by atoms with van der Waals surface area (Å²) in [4.78, 5) is 13.5. The van der Waals surface area contributed by atoms with Gasteiger partial charge in [-0.25, -0.2) is 0 Å². The Labute approximate surface area is 158 Å². The van der Waals surface area contributed by atoms with Crippen molar-refractivity contribution in [2.45, 2.75) is 19.1 Å². The third kappa shape index (κ3) is 4.11. The van der Waals surface area contributed by atoms with Crippen LogP contribution in [0.15, 0.2) is 48.5 Å². The van der Waals surface area contributed by atoms with Gasteiger partial charge < -0.3 is 10.1 Å². The molecule has 0 saturated heterocycles. The highest BCUT2D eigenvalue weighted by atomic mass is 19.4. The Morgan fingerprint density at radius 1 is 1.18 bits per heavy atom. The third-order valence-electron chi connectivity index (χ3n) is 3.97. The maximum Gasteiger partial charge on any atom is 0.416 e. The second-order valence-electron chi connectivity index (χ2n) is 5.88. The lowest BCUT2D eigenvalue weighted by atomic mass is 10.1. The smallest absolute Gasteiger partial charge is 0.416 e. The fourth-order valence-electron chi connectivity index (χ4n) is 2.43. The predicted octanol–water partition coefficient (Wildman–Crippen LogP) is 3.57. The molecule has 1 heterocycles. The summed E-state index contributed by atoms with van der Waals surface area (Å²) in [5, 5.41) is 14.3. The number of halogens is 3. The van der Waals surface area contributed by atoms with Crippen LogP contribution in [0.25, 0.3) is 11.4 Å². The highest BCUT2D eigenvalue weighted by Crippen LogP contribution is 2.31. The summed E-state index contributed by atoms with van der Waals surface area (Å²) in [5.74, 6) is 0.0415. The van der Waals surface area contributed by atoms with Gasteiger partial charge in [-0.2, -0.15) is 18.0 Å². The number of hydrogen-bond donors (Lipinski definition) is 1. The number of nitrogens with zero attached hydrogens (tertiary/aromatic N) is 4. The lowest BCUT2D eigenvalue weighted by Crippen LogP contribution is -2.25. The summed E-state index contributed by atoms with van der Waals surface area (Å²) in [7, 11) is 1.48. The van der Waals surface area contributed by atoms with E-state index in [1.54, 1.807) is 31.2 Å². The molecule has 0 fully saturated rings. The second-order valence-corrected chi connectivity index (χ2v) is 5.88. The Bertz CT molecular complexity index is 987. The molecule has 0 spiro atoms. The van der Waals surface area contributed by atoms with Gasteiger partial charge in [0.05, 0.1) is 18.4 Å². The molecule has 146 valence electrons.